The number of aromatic nitrogens is 2. The van der Waals surface area contributed by atoms with Crippen molar-refractivity contribution in [3.05, 3.63) is 166 Å². The number of thiazole rings is 2. The second kappa shape index (κ2) is 23.7. The zero-order chi connectivity index (χ0) is 51.2. The van der Waals surface area contributed by atoms with E-state index in [9.17, 15) is 25.9 Å². The van der Waals surface area contributed by atoms with Gasteiger partial charge in [-0.25, -0.2) is 16.8 Å². The molecule has 0 bridgehead atoms. The molecule has 2 unspecified atom stereocenters. The largest absolute Gasteiger partial charge is 0.739 e. The molecule has 0 spiro atoms. The molecule has 374 valence electrons. The lowest BCUT2D eigenvalue weighted by molar-refractivity contribution is -0.641. The summed E-state index contributed by atoms with van der Waals surface area (Å²) in [5.74, 6) is 0.396. The molecule has 0 fully saturated rings. The van der Waals surface area contributed by atoms with E-state index in [1.165, 1.54) is 83.2 Å². The van der Waals surface area contributed by atoms with Gasteiger partial charge in [-0.3, -0.25) is 0 Å². The van der Waals surface area contributed by atoms with Crippen LogP contribution in [0, 0.1) is 11.8 Å². The average molecular weight is 1110 g/mol. The number of hydrogen-bond acceptors (Lipinski definition) is 14. The summed E-state index contributed by atoms with van der Waals surface area (Å²) in [5, 5.41) is 10.5. The van der Waals surface area contributed by atoms with Crippen molar-refractivity contribution in [2.75, 3.05) is 35.4 Å². The second-order valence-electron chi connectivity index (χ2n) is 16.9. The van der Waals surface area contributed by atoms with E-state index in [4.69, 9.17) is 0 Å². The lowest BCUT2D eigenvalue weighted by Gasteiger charge is -2.15. The van der Waals surface area contributed by atoms with Gasteiger partial charge in [0.2, 0.25) is 11.0 Å². The Balaban J connectivity index is 0.000000158. The van der Waals surface area contributed by atoms with Crippen LogP contribution in [0.15, 0.2) is 165 Å². The third-order valence-electron chi connectivity index (χ3n) is 12.2. The number of fused-ring (bicyclic) bond motifs is 8. The molecule has 2 aromatic heterocycles. The average Bonchev–Trinajstić information content (AvgIpc) is 4.09. The van der Waals surface area contributed by atoms with Crippen LogP contribution in [-0.4, -0.2) is 51.5 Å². The van der Waals surface area contributed by atoms with Crippen LogP contribution in [0.3, 0.4) is 0 Å². The van der Waals surface area contributed by atoms with Gasteiger partial charge >= 0.3 is 0 Å². The smallest absolute Gasteiger partial charge is 0.262 e. The minimum absolute atomic E-state index is 0.0668. The van der Waals surface area contributed by atoms with Crippen LogP contribution in [0.4, 0.5) is 11.4 Å². The molecule has 8 aromatic rings. The van der Waals surface area contributed by atoms with Crippen molar-refractivity contribution in [3.8, 4) is 0 Å². The highest BCUT2D eigenvalue weighted by molar-refractivity contribution is 8.71. The predicted molar refractivity (Wildman–Crippen MR) is 309 cm³/mol. The molecule has 72 heavy (non-hydrogen) atoms. The van der Waals surface area contributed by atoms with Crippen molar-refractivity contribution in [1.82, 2.24) is 0 Å². The Kier molecular flexibility index (Phi) is 17.7. The van der Waals surface area contributed by atoms with E-state index in [1.54, 1.807) is 0 Å². The van der Waals surface area contributed by atoms with Crippen molar-refractivity contribution in [2.24, 2.45) is 25.9 Å². The fourth-order valence-corrected chi connectivity index (χ4v) is 16.3. The lowest BCUT2D eigenvalue weighted by Crippen LogP contribution is -2.29. The van der Waals surface area contributed by atoms with Crippen LogP contribution < -0.4 is 18.9 Å². The molecule has 10 nitrogen and oxygen atoms in total. The van der Waals surface area contributed by atoms with Gasteiger partial charge in [-0.2, -0.15) is 9.13 Å². The van der Waals surface area contributed by atoms with Gasteiger partial charge in [0.25, 0.3) is 10.0 Å². The van der Waals surface area contributed by atoms with Gasteiger partial charge in [0, 0.05) is 47.5 Å². The van der Waals surface area contributed by atoms with Crippen LogP contribution in [0.1, 0.15) is 36.7 Å². The quantitative estimate of drug-likeness (QED) is 0.0472. The Morgan fingerprint density at radius 1 is 0.556 bits per heavy atom. The van der Waals surface area contributed by atoms with Crippen molar-refractivity contribution >= 4 is 152 Å². The Hall–Kier alpha value is -4.60. The molecular formula is C54H54N4O6S8. The molecule has 2 aliphatic heterocycles. The predicted octanol–water partition coefficient (Wildman–Crippen LogP) is 13.4. The molecule has 0 radical (unpaired) electrons. The maximum atomic E-state index is 9.93. The van der Waals surface area contributed by atoms with Crippen LogP contribution in [0.2, 0.25) is 0 Å². The van der Waals surface area contributed by atoms with Gasteiger partial charge in [-0.05, 0) is 118 Å². The summed E-state index contributed by atoms with van der Waals surface area (Å²) < 4.78 is 66.9. The normalized spacial score (nSPS) is 15.7. The summed E-state index contributed by atoms with van der Waals surface area (Å²) in [6, 6.07) is 43.5. The number of hydrogen-bond donors (Lipinski definition) is 0. The van der Waals surface area contributed by atoms with Gasteiger partial charge < -0.3 is 18.9 Å². The van der Waals surface area contributed by atoms with E-state index >= 15 is 0 Å². The summed E-state index contributed by atoms with van der Waals surface area (Å²) in [4.78, 5) is 7.30. The zero-order valence-electron chi connectivity index (χ0n) is 40.5. The molecule has 0 N–H and O–H groups in total. The van der Waals surface area contributed by atoms with Crippen molar-refractivity contribution in [3.63, 3.8) is 0 Å². The summed E-state index contributed by atoms with van der Waals surface area (Å²) in [5.41, 5.74) is 5.25. The van der Waals surface area contributed by atoms with E-state index in [0.29, 0.717) is 11.8 Å². The first-order valence-corrected chi connectivity index (χ1v) is 32.2. The van der Waals surface area contributed by atoms with Gasteiger partial charge in [-0.15, -0.1) is 0 Å². The van der Waals surface area contributed by atoms with Crippen LogP contribution in [0.5, 0.6) is 0 Å². The summed E-state index contributed by atoms with van der Waals surface area (Å²) in [6.07, 6.45) is 16.3. The van der Waals surface area contributed by atoms with Crippen LogP contribution >= 0.6 is 67.8 Å². The molecule has 0 saturated heterocycles. The Labute approximate surface area is 446 Å². The summed E-state index contributed by atoms with van der Waals surface area (Å²) >= 11 is 7.47. The molecular weight excluding hydrogens is 1060 g/mol. The number of anilines is 2. The van der Waals surface area contributed by atoms with Crippen molar-refractivity contribution in [2.45, 2.75) is 36.5 Å². The van der Waals surface area contributed by atoms with Crippen LogP contribution in [0.25, 0.3) is 54.1 Å². The maximum Gasteiger partial charge on any atom is 0.262 e. The topological polar surface area (TPSA) is 129 Å². The highest BCUT2D eigenvalue weighted by Gasteiger charge is 2.24. The van der Waals surface area contributed by atoms with Crippen molar-refractivity contribution < 1.29 is 35.1 Å². The first-order valence-electron chi connectivity index (χ1n) is 23.1. The molecule has 6 aromatic carbocycles. The standard InChI is InChI=1S/2C26H25N2S2.C2H6O6S4/c2*1-4-18(17-25-27(2)21-11-7-8-12-22(21)29-25)13-16-24-28(3)26-20-10-6-5-9-19(20)14-15-23(26)30-24;3-11(4,5)9-1-2-10-12(6,7)8/h2*5-18H,4H2,1-3H3;1-2H2,(H,3,4,5)(H,6,7,8)/q2*+1;/p-2/b2*16-13+,25-17-;. The monoisotopic (exact) mass is 1110 g/mol. The lowest BCUT2D eigenvalue weighted by atomic mass is 10.1. The SMILES string of the molecule is CCC(/C=C1\Sc2ccccc2N1C)/C=C/c1sc2ccc3ccccc3c2[n+]1C.CCC(/C=C1\Sc2ccccc2N1C)/C=C/c1sc2ccc3ccccc3c2[n+]1C.O=S(=O)([O-])SCCSS(=O)(=O)[O-]. The highest BCUT2D eigenvalue weighted by atomic mass is 33.2. The minimum atomic E-state index is -4.39. The fraction of sp³-hybridized carbons (Fsp3) is 0.222. The number of thioether (sulfide) groups is 2. The van der Waals surface area contributed by atoms with E-state index in [0.717, 1.165) is 12.8 Å². The number of para-hydroxylation sites is 2. The van der Waals surface area contributed by atoms with Crippen LogP contribution in [-0.2, 0) is 32.4 Å². The third-order valence-corrected chi connectivity index (χ3v) is 21.2. The maximum absolute atomic E-state index is 9.93. The Bertz CT molecular complexity index is 3390. The van der Waals surface area contributed by atoms with E-state index in [2.05, 4.69) is 219 Å². The number of nitrogens with zero attached hydrogens (tertiary/aromatic N) is 4. The van der Waals surface area contributed by atoms with E-state index in [1.807, 2.05) is 46.2 Å². The Morgan fingerprint density at radius 3 is 1.31 bits per heavy atom. The second-order valence-corrected chi connectivity index (χ2v) is 27.9. The van der Waals surface area contributed by atoms with Gasteiger partial charge in [-0.1, -0.05) is 145 Å². The highest BCUT2D eigenvalue weighted by Crippen LogP contribution is 2.46. The van der Waals surface area contributed by atoms with Crippen molar-refractivity contribution in [1.29, 1.82) is 0 Å². The molecule has 0 saturated carbocycles. The number of allylic oxidation sites excluding steroid dienone is 4. The molecule has 2 aliphatic rings. The first-order chi connectivity index (χ1) is 34.5. The van der Waals surface area contributed by atoms with Gasteiger partial charge in [0.1, 0.15) is 41.8 Å². The van der Waals surface area contributed by atoms with E-state index in [-0.39, 0.29) is 33.1 Å². The third kappa shape index (κ3) is 13.0. The molecule has 18 heteroatoms. The molecule has 0 aliphatic carbocycles. The number of aryl methyl sites for hydroxylation is 2. The van der Waals surface area contributed by atoms with Gasteiger partial charge in [0.05, 0.1) is 32.2 Å². The number of benzene rings is 6. The summed E-state index contributed by atoms with van der Waals surface area (Å²) in [7, 11) is 0.0568. The summed E-state index contributed by atoms with van der Waals surface area (Å²) in [6.45, 7) is 4.52. The molecule has 10 rings (SSSR count). The number of rotatable bonds is 13. The Morgan fingerprint density at radius 2 is 0.931 bits per heavy atom. The minimum Gasteiger partial charge on any atom is -0.739 e. The van der Waals surface area contributed by atoms with E-state index < -0.39 is 18.3 Å². The fourth-order valence-electron chi connectivity index (χ4n) is 8.40. The van der Waals surface area contributed by atoms with Gasteiger partial charge in [0.15, 0.2) is 0 Å². The zero-order valence-corrected chi connectivity index (χ0v) is 47.0. The molecule has 2 atom stereocenters. The molecule has 4 heterocycles. The first kappa shape index (κ1) is 53.7. The molecule has 0 amide bonds.